The number of para-hydroxylation sites is 3. The zero-order valence-electron chi connectivity index (χ0n) is 18.8. The zero-order valence-corrected chi connectivity index (χ0v) is 19.7. The number of imidazole rings is 1. The molecular formula is C26H25N5O2S. The van der Waals surface area contributed by atoms with Crippen molar-refractivity contribution >= 4 is 40.3 Å². The second-order valence-electron chi connectivity index (χ2n) is 8.25. The molecule has 1 aliphatic heterocycles. The summed E-state index contributed by atoms with van der Waals surface area (Å²) in [6, 6.07) is 18.9. The largest absolute Gasteiger partial charge is 0.330 e. The van der Waals surface area contributed by atoms with Crippen molar-refractivity contribution in [1.29, 1.82) is 0 Å². The smallest absolute Gasteiger partial charge is 0.247 e. The number of pyridine rings is 1. The van der Waals surface area contributed by atoms with Gasteiger partial charge in [-0.25, -0.2) is 4.98 Å². The van der Waals surface area contributed by atoms with Gasteiger partial charge in [0.1, 0.15) is 6.04 Å². The fourth-order valence-corrected chi connectivity index (χ4v) is 5.25. The molecule has 7 nitrogen and oxygen atoms in total. The van der Waals surface area contributed by atoms with Crippen molar-refractivity contribution in [3.05, 3.63) is 73.1 Å². The van der Waals surface area contributed by atoms with Crippen LogP contribution in [0.1, 0.15) is 12.8 Å². The molecule has 0 spiro atoms. The first-order chi connectivity index (χ1) is 16.6. The Balaban J connectivity index is 1.27. The predicted molar refractivity (Wildman–Crippen MR) is 134 cm³/mol. The lowest BCUT2D eigenvalue weighted by Crippen LogP contribution is -2.44. The number of hydrogen-bond donors (Lipinski definition) is 1. The van der Waals surface area contributed by atoms with Gasteiger partial charge in [0.05, 0.1) is 16.8 Å². The number of rotatable bonds is 6. The van der Waals surface area contributed by atoms with Crippen molar-refractivity contribution in [2.45, 2.75) is 24.0 Å². The lowest BCUT2D eigenvalue weighted by molar-refractivity contribution is -0.134. The van der Waals surface area contributed by atoms with E-state index in [2.05, 4.69) is 15.3 Å². The van der Waals surface area contributed by atoms with Gasteiger partial charge in [-0.2, -0.15) is 0 Å². The third kappa shape index (κ3) is 4.41. The van der Waals surface area contributed by atoms with E-state index in [0.29, 0.717) is 18.7 Å². The fourth-order valence-electron chi connectivity index (χ4n) is 4.38. The summed E-state index contributed by atoms with van der Waals surface area (Å²) >= 11 is 1.41. The highest BCUT2D eigenvalue weighted by atomic mass is 32.2. The predicted octanol–water partition coefficient (Wildman–Crippen LogP) is 4.36. The van der Waals surface area contributed by atoms with Crippen molar-refractivity contribution in [1.82, 2.24) is 19.4 Å². The zero-order chi connectivity index (χ0) is 23.5. The van der Waals surface area contributed by atoms with Crippen LogP contribution in [-0.4, -0.2) is 49.6 Å². The summed E-state index contributed by atoms with van der Waals surface area (Å²) in [5.74, 6) is 0.0397. The van der Waals surface area contributed by atoms with Crippen LogP contribution in [0.15, 0.2) is 78.2 Å². The summed E-state index contributed by atoms with van der Waals surface area (Å²) < 4.78 is 2.00. The molecule has 3 heterocycles. The SMILES string of the molecule is Cn1c(SCC(=O)N2CCC[C@H]2C(=O)Nc2ccccc2-c2cccnc2)nc2ccccc21. The number of anilines is 1. The number of amides is 2. The van der Waals surface area contributed by atoms with E-state index in [0.717, 1.165) is 33.7 Å². The topological polar surface area (TPSA) is 80.1 Å². The van der Waals surface area contributed by atoms with E-state index in [9.17, 15) is 9.59 Å². The molecule has 1 aliphatic rings. The van der Waals surface area contributed by atoms with Crippen molar-refractivity contribution < 1.29 is 9.59 Å². The number of nitrogens with one attached hydrogen (secondary N) is 1. The van der Waals surface area contributed by atoms with Gasteiger partial charge in [-0.1, -0.05) is 48.2 Å². The van der Waals surface area contributed by atoms with E-state index >= 15 is 0 Å². The summed E-state index contributed by atoms with van der Waals surface area (Å²) in [7, 11) is 1.95. The molecule has 1 N–H and O–H groups in total. The van der Waals surface area contributed by atoms with E-state index in [4.69, 9.17) is 0 Å². The average Bonchev–Trinajstić information content (AvgIpc) is 3.49. The Kier molecular flexibility index (Phi) is 6.31. The van der Waals surface area contributed by atoms with Gasteiger partial charge in [-0.15, -0.1) is 0 Å². The van der Waals surface area contributed by atoms with Gasteiger partial charge in [0.25, 0.3) is 0 Å². The van der Waals surface area contributed by atoms with Crippen molar-refractivity contribution in [3.8, 4) is 11.1 Å². The Morgan fingerprint density at radius 3 is 2.74 bits per heavy atom. The first kappa shape index (κ1) is 22.2. The molecule has 2 aromatic heterocycles. The highest BCUT2D eigenvalue weighted by molar-refractivity contribution is 7.99. The van der Waals surface area contributed by atoms with Crippen LogP contribution in [0.2, 0.25) is 0 Å². The van der Waals surface area contributed by atoms with Gasteiger partial charge in [-0.3, -0.25) is 14.6 Å². The molecule has 0 aliphatic carbocycles. The number of benzene rings is 2. The molecule has 2 aromatic carbocycles. The van der Waals surface area contributed by atoms with Crippen molar-refractivity contribution in [3.63, 3.8) is 0 Å². The summed E-state index contributed by atoms with van der Waals surface area (Å²) in [4.78, 5) is 36.8. The molecule has 1 saturated heterocycles. The summed E-state index contributed by atoms with van der Waals surface area (Å²) in [6.45, 7) is 0.588. The first-order valence-corrected chi connectivity index (χ1v) is 12.2. The van der Waals surface area contributed by atoms with Crippen LogP contribution < -0.4 is 5.32 Å². The second-order valence-corrected chi connectivity index (χ2v) is 9.19. The number of fused-ring (bicyclic) bond motifs is 1. The van der Waals surface area contributed by atoms with Gasteiger partial charge in [0.15, 0.2) is 5.16 Å². The van der Waals surface area contributed by atoms with Crippen molar-refractivity contribution in [2.24, 2.45) is 7.05 Å². The maximum atomic E-state index is 13.2. The minimum Gasteiger partial charge on any atom is -0.330 e. The monoisotopic (exact) mass is 471 g/mol. The molecule has 0 unspecified atom stereocenters. The molecule has 8 heteroatoms. The van der Waals surface area contributed by atoms with E-state index in [-0.39, 0.29) is 17.6 Å². The van der Waals surface area contributed by atoms with Crippen LogP contribution in [0.25, 0.3) is 22.2 Å². The van der Waals surface area contributed by atoms with Gasteiger partial charge >= 0.3 is 0 Å². The molecule has 172 valence electrons. The fraction of sp³-hybridized carbons (Fsp3) is 0.231. The number of likely N-dealkylation sites (tertiary alicyclic amines) is 1. The standard InChI is InChI=1S/C26H25N5O2S/c1-30-22-12-5-4-11-21(22)29-26(30)34-17-24(32)31-15-7-13-23(31)25(33)28-20-10-3-2-9-19(20)18-8-6-14-27-16-18/h2-6,8-12,14,16,23H,7,13,15,17H2,1H3,(H,28,33)/t23-/m0/s1. The number of thioether (sulfide) groups is 1. The summed E-state index contributed by atoms with van der Waals surface area (Å²) in [5, 5.41) is 3.84. The molecule has 0 radical (unpaired) electrons. The molecule has 0 bridgehead atoms. The van der Waals surface area contributed by atoms with Crippen LogP contribution in [0, 0.1) is 0 Å². The lowest BCUT2D eigenvalue weighted by Gasteiger charge is -2.24. The van der Waals surface area contributed by atoms with Gasteiger partial charge < -0.3 is 14.8 Å². The Hall–Kier alpha value is -3.65. The summed E-state index contributed by atoms with van der Waals surface area (Å²) in [5.41, 5.74) is 4.48. The third-order valence-corrected chi connectivity index (χ3v) is 7.12. The average molecular weight is 472 g/mol. The second kappa shape index (κ2) is 9.69. The minimum atomic E-state index is -0.476. The number of aromatic nitrogens is 3. The quantitative estimate of drug-likeness (QED) is 0.423. The number of hydrogen-bond acceptors (Lipinski definition) is 5. The van der Waals surface area contributed by atoms with E-state index in [1.54, 1.807) is 17.3 Å². The molecule has 5 rings (SSSR count). The van der Waals surface area contributed by atoms with Gasteiger partial charge in [0.2, 0.25) is 11.8 Å². The Morgan fingerprint density at radius 2 is 1.91 bits per heavy atom. The van der Waals surface area contributed by atoms with E-state index in [1.165, 1.54) is 11.8 Å². The Bertz CT molecular complexity index is 1340. The molecular weight excluding hydrogens is 446 g/mol. The van der Waals surface area contributed by atoms with E-state index in [1.807, 2.05) is 72.3 Å². The van der Waals surface area contributed by atoms with Crippen LogP contribution in [-0.2, 0) is 16.6 Å². The minimum absolute atomic E-state index is 0.0461. The third-order valence-electron chi connectivity index (χ3n) is 6.10. The molecule has 2 amide bonds. The number of carbonyl (C=O) groups is 2. The molecule has 1 fully saturated rings. The number of aryl methyl sites for hydroxylation is 1. The van der Waals surface area contributed by atoms with Crippen LogP contribution in [0.4, 0.5) is 5.69 Å². The van der Waals surface area contributed by atoms with Crippen molar-refractivity contribution in [2.75, 3.05) is 17.6 Å². The highest BCUT2D eigenvalue weighted by Crippen LogP contribution is 2.29. The lowest BCUT2D eigenvalue weighted by atomic mass is 10.1. The maximum absolute atomic E-state index is 13.2. The number of carbonyl (C=O) groups excluding carboxylic acids is 2. The molecule has 4 aromatic rings. The molecule has 34 heavy (non-hydrogen) atoms. The maximum Gasteiger partial charge on any atom is 0.247 e. The highest BCUT2D eigenvalue weighted by Gasteiger charge is 2.34. The van der Waals surface area contributed by atoms with Crippen LogP contribution in [0.3, 0.4) is 0 Å². The van der Waals surface area contributed by atoms with Crippen LogP contribution in [0.5, 0.6) is 0 Å². The first-order valence-electron chi connectivity index (χ1n) is 11.3. The van der Waals surface area contributed by atoms with Crippen LogP contribution >= 0.6 is 11.8 Å². The van der Waals surface area contributed by atoms with Gasteiger partial charge in [0, 0.05) is 42.8 Å². The Morgan fingerprint density at radius 1 is 1.09 bits per heavy atom. The Labute approximate surface area is 202 Å². The number of nitrogens with zero attached hydrogens (tertiary/aromatic N) is 4. The van der Waals surface area contributed by atoms with Gasteiger partial charge in [-0.05, 0) is 37.1 Å². The van der Waals surface area contributed by atoms with E-state index < -0.39 is 6.04 Å². The normalized spacial score (nSPS) is 15.6. The molecule has 0 saturated carbocycles. The molecule has 1 atom stereocenters. The summed E-state index contributed by atoms with van der Waals surface area (Å²) in [6.07, 6.45) is 4.96.